The number of anilines is 1. The molecule has 5 nitrogen and oxygen atoms in total. The smallest absolute Gasteiger partial charge is 0.270 e. The first-order valence-corrected chi connectivity index (χ1v) is 7.47. The molecule has 0 spiro atoms. The number of nitrogens with one attached hydrogen (secondary N) is 1. The van der Waals surface area contributed by atoms with Crippen molar-refractivity contribution in [1.82, 2.24) is 9.88 Å². The van der Waals surface area contributed by atoms with Gasteiger partial charge in [-0.15, -0.1) is 0 Å². The van der Waals surface area contributed by atoms with Crippen LogP contribution in [0.1, 0.15) is 11.1 Å². The lowest BCUT2D eigenvalue weighted by atomic mass is 10.1. The van der Waals surface area contributed by atoms with E-state index >= 15 is 0 Å². The van der Waals surface area contributed by atoms with Gasteiger partial charge in [0.05, 0.1) is 5.69 Å². The van der Waals surface area contributed by atoms with Crippen LogP contribution in [0, 0.1) is 6.92 Å². The van der Waals surface area contributed by atoms with Crippen LogP contribution >= 0.6 is 12.2 Å². The van der Waals surface area contributed by atoms with Crippen LogP contribution in [-0.2, 0) is 16.6 Å². The number of aryl methyl sites for hydroxylation is 2. The van der Waals surface area contributed by atoms with E-state index in [9.17, 15) is 9.59 Å². The summed E-state index contributed by atoms with van der Waals surface area (Å²) in [6, 6.07) is 9.24. The van der Waals surface area contributed by atoms with Gasteiger partial charge in [-0.3, -0.25) is 19.8 Å². The Balaban J connectivity index is 2.04. The summed E-state index contributed by atoms with van der Waals surface area (Å²) in [5, 5.41) is 2.68. The molecule has 2 amide bonds. The van der Waals surface area contributed by atoms with Crippen molar-refractivity contribution in [1.29, 1.82) is 0 Å². The van der Waals surface area contributed by atoms with Crippen LogP contribution in [0.2, 0.25) is 0 Å². The van der Waals surface area contributed by atoms with Gasteiger partial charge in [0.1, 0.15) is 5.57 Å². The molecule has 6 heteroatoms. The molecule has 0 saturated carbocycles. The Bertz CT molecular complexity index is 851. The van der Waals surface area contributed by atoms with E-state index in [2.05, 4.69) is 5.32 Å². The molecule has 0 atom stereocenters. The number of carbonyl (C=O) groups is 2. The maximum atomic E-state index is 12.8. The van der Waals surface area contributed by atoms with Crippen molar-refractivity contribution >= 4 is 40.9 Å². The Morgan fingerprint density at radius 1 is 1.17 bits per heavy atom. The van der Waals surface area contributed by atoms with Crippen molar-refractivity contribution in [3.8, 4) is 0 Å². The second-order valence-corrected chi connectivity index (χ2v) is 5.74. The van der Waals surface area contributed by atoms with E-state index in [0.717, 1.165) is 11.1 Å². The minimum atomic E-state index is -0.478. The maximum Gasteiger partial charge on any atom is 0.270 e. The lowest BCUT2D eigenvalue weighted by molar-refractivity contribution is -0.122. The van der Waals surface area contributed by atoms with Gasteiger partial charge in [-0.1, -0.05) is 18.2 Å². The monoisotopic (exact) mass is 325 g/mol. The topological polar surface area (TPSA) is 54.3 Å². The van der Waals surface area contributed by atoms with E-state index in [1.54, 1.807) is 12.1 Å². The number of aromatic nitrogens is 1. The fourth-order valence-corrected chi connectivity index (χ4v) is 2.74. The number of benzene rings is 1. The first-order valence-electron chi connectivity index (χ1n) is 7.06. The second-order valence-electron chi connectivity index (χ2n) is 5.35. The molecule has 2 heterocycles. The van der Waals surface area contributed by atoms with Crippen molar-refractivity contribution in [3.05, 3.63) is 59.4 Å². The third-order valence-corrected chi connectivity index (χ3v) is 3.91. The molecular formula is C17H15N3O2S. The fourth-order valence-electron chi connectivity index (χ4n) is 2.47. The van der Waals surface area contributed by atoms with E-state index in [0.29, 0.717) is 5.69 Å². The average molecular weight is 325 g/mol. The van der Waals surface area contributed by atoms with E-state index in [1.807, 2.05) is 55.2 Å². The lowest BCUT2D eigenvalue weighted by Gasteiger charge is -2.29. The Labute approximate surface area is 139 Å². The second kappa shape index (κ2) is 5.81. The van der Waals surface area contributed by atoms with Crippen LogP contribution in [0.3, 0.4) is 0 Å². The molecule has 1 aliphatic rings. The third kappa shape index (κ3) is 2.80. The highest BCUT2D eigenvalue weighted by Crippen LogP contribution is 2.24. The predicted molar refractivity (Wildman–Crippen MR) is 92.8 cm³/mol. The van der Waals surface area contributed by atoms with Crippen molar-refractivity contribution in [2.45, 2.75) is 6.92 Å². The highest BCUT2D eigenvalue weighted by molar-refractivity contribution is 7.80. The van der Waals surface area contributed by atoms with Gasteiger partial charge in [0, 0.05) is 19.4 Å². The van der Waals surface area contributed by atoms with E-state index < -0.39 is 11.8 Å². The predicted octanol–water partition coefficient (Wildman–Crippen LogP) is 2.16. The molecular weight excluding hydrogens is 310 g/mol. The average Bonchev–Trinajstić information content (AvgIpc) is 2.91. The molecule has 0 aliphatic carbocycles. The number of para-hydroxylation sites is 1. The number of hydrogen-bond donors (Lipinski definition) is 1. The van der Waals surface area contributed by atoms with Gasteiger partial charge >= 0.3 is 0 Å². The summed E-state index contributed by atoms with van der Waals surface area (Å²) in [6.07, 6.45) is 5.25. The van der Waals surface area contributed by atoms with Crippen LogP contribution in [0.5, 0.6) is 0 Å². The van der Waals surface area contributed by atoms with E-state index in [1.165, 1.54) is 4.90 Å². The summed E-state index contributed by atoms with van der Waals surface area (Å²) in [5.74, 6) is -0.898. The molecule has 1 N–H and O–H groups in total. The number of carbonyl (C=O) groups excluding carboxylic acids is 2. The quantitative estimate of drug-likeness (QED) is 0.523. The largest absolute Gasteiger partial charge is 0.357 e. The Hall–Kier alpha value is -2.73. The molecule has 3 rings (SSSR count). The van der Waals surface area contributed by atoms with Gasteiger partial charge in [-0.05, 0) is 48.5 Å². The number of amides is 2. The van der Waals surface area contributed by atoms with Gasteiger partial charge in [-0.25, -0.2) is 0 Å². The summed E-state index contributed by atoms with van der Waals surface area (Å²) in [7, 11) is 1.87. The zero-order valence-corrected chi connectivity index (χ0v) is 13.6. The summed E-state index contributed by atoms with van der Waals surface area (Å²) in [4.78, 5) is 26.3. The van der Waals surface area contributed by atoms with Gasteiger partial charge in [0.15, 0.2) is 5.11 Å². The van der Waals surface area contributed by atoms with Crippen LogP contribution in [0.4, 0.5) is 5.69 Å². The van der Waals surface area contributed by atoms with Gasteiger partial charge in [0.25, 0.3) is 11.8 Å². The third-order valence-electron chi connectivity index (χ3n) is 3.62. The highest BCUT2D eigenvalue weighted by atomic mass is 32.1. The number of thiocarbonyl (C=S) groups is 1. The minimum absolute atomic E-state index is 0.0630. The fraction of sp³-hybridized carbons (Fsp3) is 0.118. The summed E-state index contributed by atoms with van der Waals surface area (Å²) in [6.45, 7) is 1.89. The SMILES string of the molecule is Cc1ccccc1N1C(=O)/C(=C\c2ccn(C)c2)C(=O)NC1=S. The van der Waals surface area contributed by atoms with Crippen molar-refractivity contribution in [2.24, 2.45) is 7.05 Å². The molecule has 116 valence electrons. The molecule has 1 aromatic heterocycles. The zero-order valence-electron chi connectivity index (χ0n) is 12.7. The van der Waals surface area contributed by atoms with E-state index in [4.69, 9.17) is 12.2 Å². The standard InChI is InChI=1S/C17H15N3O2S/c1-11-5-3-4-6-14(11)20-16(22)13(15(21)18-17(20)23)9-12-7-8-19(2)10-12/h3-10H,1-2H3,(H,18,21,23)/b13-9-. The van der Waals surface area contributed by atoms with Gasteiger partial charge in [-0.2, -0.15) is 0 Å². The van der Waals surface area contributed by atoms with Crippen molar-refractivity contribution in [2.75, 3.05) is 4.90 Å². The number of hydrogen-bond acceptors (Lipinski definition) is 3. The molecule has 2 aromatic rings. The van der Waals surface area contributed by atoms with Crippen molar-refractivity contribution in [3.63, 3.8) is 0 Å². The first kappa shape index (κ1) is 15.2. The minimum Gasteiger partial charge on any atom is -0.357 e. The molecule has 1 aromatic carbocycles. The van der Waals surface area contributed by atoms with Crippen molar-refractivity contribution < 1.29 is 9.59 Å². The van der Waals surface area contributed by atoms with Gasteiger partial charge < -0.3 is 4.57 Å². The summed E-state index contributed by atoms with van der Waals surface area (Å²) in [5.41, 5.74) is 2.41. The summed E-state index contributed by atoms with van der Waals surface area (Å²) >= 11 is 5.19. The molecule has 1 aliphatic heterocycles. The van der Waals surface area contributed by atoms with Crippen LogP contribution in [0.25, 0.3) is 6.08 Å². The molecule has 23 heavy (non-hydrogen) atoms. The Kier molecular flexibility index (Phi) is 3.83. The summed E-state index contributed by atoms with van der Waals surface area (Å²) < 4.78 is 1.85. The van der Waals surface area contributed by atoms with Crippen LogP contribution < -0.4 is 10.2 Å². The molecule has 0 unspecified atom stereocenters. The molecule has 0 radical (unpaired) electrons. The zero-order chi connectivity index (χ0) is 16.6. The Morgan fingerprint density at radius 3 is 2.57 bits per heavy atom. The van der Waals surface area contributed by atoms with Gasteiger partial charge in [0.2, 0.25) is 0 Å². The highest BCUT2D eigenvalue weighted by Gasteiger charge is 2.34. The first-order chi connectivity index (χ1) is 11.0. The number of nitrogens with zero attached hydrogens (tertiary/aromatic N) is 2. The molecule has 1 fully saturated rings. The molecule has 0 bridgehead atoms. The Morgan fingerprint density at radius 2 is 1.91 bits per heavy atom. The van der Waals surface area contributed by atoms with Crippen LogP contribution in [0.15, 0.2) is 48.3 Å². The van der Waals surface area contributed by atoms with E-state index in [-0.39, 0.29) is 10.7 Å². The maximum absolute atomic E-state index is 12.8. The van der Waals surface area contributed by atoms with Crippen LogP contribution in [-0.4, -0.2) is 21.5 Å². The normalized spacial score (nSPS) is 16.9. The molecule has 1 saturated heterocycles. The number of rotatable bonds is 2. The lowest BCUT2D eigenvalue weighted by Crippen LogP contribution is -2.54.